The SMILES string of the molecule is CC/C=C\C/C=C\C/C=C\C/C=C\C/C=C\CCCC(=O)OCC(COP(=O)(O)OCC(O)COP(=O)(O)OCC(COC(=O)CCCCCCCCC/C=C\C/C=C\C/C=C\CC)OC(=O)C/C=C\C/C=C\C/C=C\C/C=C\C/C=C\CC)OC(=O)C/C=C\C/C=C\C/C=C\C/C=C\C/C=C\CC. The van der Waals surface area contributed by atoms with E-state index in [4.69, 9.17) is 37.0 Å². The Morgan fingerprint density at radius 3 is 0.808 bits per heavy atom. The van der Waals surface area contributed by atoms with Gasteiger partial charge in [0.1, 0.15) is 19.3 Å². The third-order valence-electron chi connectivity index (χ3n) is 14.5. The highest BCUT2D eigenvalue weighted by molar-refractivity contribution is 7.47. The monoisotopic (exact) mass is 1480 g/mol. The van der Waals surface area contributed by atoms with Gasteiger partial charge in [-0.25, -0.2) is 9.13 Å². The Balaban J connectivity index is 5.58. The Labute approximate surface area is 626 Å². The van der Waals surface area contributed by atoms with Crippen LogP contribution in [0.3, 0.4) is 0 Å². The molecule has 5 unspecified atom stereocenters. The minimum Gasteiger partial charge on any atom is -0.462 e. The van der Waals surface area contributed by atoms with Crippen LogP contribution >= 0.6 is 15.6 Å². The number of allylic oxidation sites excluding steroid dienone is 34. The van der Waals surface area contributed by atoms with E-state index in [-0.39, 0.29) is 25.7 Å². The summed E-state index contributed by atoms with van der Waals surface area (Å²) in [5.74, 6) is -2.59. The van der Waals surface area contributed by atoms with Crippen molar-refractivity contribution in [3.63, 3.8) is 0 Å². The van der Waals surface area contributed by atoms with Crippen molar-refractivity contribution < 1.29 is 80.2 Å². The second kappa shape index (κ2) is 74.6. The summed E-state index contributed by atoms with van der Waals surface area (Å²) in [6, 6.07) is 0. The highest BCUT2D eigenvalue weighted by Gasteiger charge is 2.30. The minimum atomic E-state index is -5.03. The number of phosphoric ester groups is 2. The molecule has 104 heavy (non-hydrogen) atoms. The number of esters is 4. The second-order valence-corrected chi connectivity index (χ2v) is 27.0. The van der Waals surface area contributed by atoms with Crippen LogP contribution < -0.4 is 0 Å². The fraction of sp³-hybridized carbons (Fsp3) is 0.529. The van der Waals surface area contributed by atoms with Crippen LogP contribution in [0.15, 0.2) is 219 Å². The number of aliphatic hydroxyl groups is 1. The van der Waals surface area contributed by atoms with Crippen molar-refractivity contribution in [3.8, 4) is 0 Å². The molecule has 0 radical (unpaired) electrons. The Morgan fingerprint density at radius 2 is 0.510 bits per heavy atom. The predicted octanol–water partition coefficient (Wildman–Crippen LogP) is 22.1. The molecule has 0 bridgehead atoms. The summed E-state index contributed by atoms with van der Waals surface area (Å²) in [5, 5.41) is 10.6. The third kappa shape index (κ3) is 73.7. The molecule has 0 aliphatic heterocycles. The molecule has 0 aromatic carbocycles. The molecule has 0 fully saturated rings. The van der Waals surface area contributed by atoms with Crippen LogP contribution in [0.5, 0.6) is 0 Å². The van der Waals surface area contributed by atoms with E-state index in [2.05, 4.69) is 186 Å². The zero-order valence-electron chi connectivity index (χ0n) is 63.3. The Bertz CT molecular complexity index is 2840. The molecule has 0 heterocycles. The Morgan fingerprint density at radius 1 is 0.279 bits per heavy atom. The van der Waals surface area contributed by atoms with E-state index >= 15 is 0 Å². The molecule has 0 aromatic rings. The zero-order valence-corrected chi connectivity index (χ0v) is 65.1. The number of carbonyl (C=O) groups is 4. The van der Waals surface area contributed by atoms with E-state index in [0.717, 1.165) is 148 Å². The van der Waals surface area contributed by atoms with Gasteiger partial charge in [0, 0.05) is 12.8 Å². The summed E-state index contributed by atoms with van der Waals surface area (Å²) >= 11 is 0. The standard InChI is InChI=1S/C85H130O17P2/c1-5-9-13-17-21-25-29-33-37-39-43-45-49-53-57-61-65-69-82(87)95-75-80(101-84(89)71-67-63-59-55-51-47-41-35-31-27-23-19-15-11-7-3)77-99-103(91,92)97-73-79(86)74-98-104(93,94)100-78-81(102-85(90)72-68-64-60-56-52-48-42-36-32-28-24-20-16-12-8-4)76-96-83(88)70-66-62-58-54-50-46-44-40-38-34-30-26-22-18-14-10-6-2/h9-16,21-28,33-38,41-43,45,51-53,55-57,63-64,67-68,79-81,86H,5-8,17-20,29-32,39-40,44,46-50,54,58-62,65-66,69-78H2,1-4H3,(H,91,92)(H,93,94)/b13-9-,14-10-,15-11-,16-12-,25-21-,26-22-,27-23-,28-24-,37-33-,38-34-,41-35-,42-36-,45-43-,55-51-,56-52-,57-53-,67-63-,68-64-. The second-order valence-electron chi connectivity index (χ2n) is 24.1. The fourth-order valence-corrected chi connectivity index (χ4v) is 10.5. The van der Waals surface area contributed by atoms with Crippen LogP contribution in [0.2, 0.25) is 0 Å². The molecule has 19 heteroatoms. The van der Waals surface area contributed by atoms with Gasteiger partial charge in [0.05, 0.1) is 39.3 Å². The first-order valence-corrected chi connectivity index (χ1v) is 41.0. The number of carbonyl (C=O) groups excluding carboxylic acids is 4. The lowest BCUT2D eigenvalue weighted by molar-refractivity contribution is -0.160. The minimum absolute atomic E-state index is 0.0516. The lowest BCUT2D eigenvalue weighted by Gasteiger charge is -2.21. The van der Waals surface area contributed by atoms with Gasteiger partial charge >= 0.3 is 39.5 Å². The zero-order chi connectivity index (χ0) is 76.0. The highest BCUT2D eigenvalue weighted by Crippen LogP contribution is 2.45. The summed E-state index contributed by atoms with van der Waals surface area (Å²) in [4.78, 5) is 72.8. The molecule has 3 N–H and O–H groups in total. The summed E-state index contributed by atoms with van der Waals surface area (Å²) in [7, 11) is -10.1. The molecule has 0 aliphatic rings. The summed E-state index contributed by atoms with van der Waals surface area (Å²) in [5.41, 5.74) is 0. The van der Waals surface area contributed by atoms with Crippen LogP contribution in [0, 0.1) is 0 Å². The third-order valence-corrected chi connectivity index (χ3v) is 16.4. The van der Waals surface area contributed by atoms with Gasteiger partial charge in [0.15, 0.2) is 12.2 Å². The van der Waals surface area contributed by atoms with E-state index in [1.54, 1.807) is 24.3 Å². The molecule has 0 aliphatic carbocycles. The van der Waals surface area contributed by atoms with E-state index in [0.29, 0.717) is 32.1 Å². The maximum Gasteiger partial charge on any atom is 0.472 e. The first kappa shape index (κ1) is 97.4. The first-order chi connectivity index (χ1) is 50.7. The van der Waals surface area contributed by atoms with E-state index in [9.17, 15) is 43.2 Å². The van der Waals surface area contributed by atoms with Crippen LogP contribution in [0.4, 0.5) is 0 Å². The van der Waals surface area contributed by atoms with Crippen molar-refractivity contribution in [2.45, 2.75) is 251 Å². The van der Waals surface area contributed by atoms with Crippen LogP contribution in [0.25, 0.3) is 0 Å². The predicted molar refractivity (Wildman–Crippen MR) is 426 cm³/mol. The Hall–Kier alpha value is -6.62. The smallest absolute Gasteiger partial charge is 0.462 e. The number of rotatable bonds is 68. The van der Waals surface area contributed by atoms with Gasteiger partial charge in [-0.3, -0.25) is 37.3 Å². The summed E-state index contributed by atoms with van der Waals surface area (Å²) < 4.78 is 68.1. The van der Waals surface area contributed by atoms with Crippen molar-refractivity contribution in [1.29, 1.82) is 0 Å². The number of hydrogen-bond acceptors (Lipinski definition) is 15. The average molecular weight is 1490 g/mol. The number of hydrogen-bond donors (Lipinski definition) is 3. The number of phosphoric acid groups is 2. The lowest BCUT2D eigenvalue weighted by atomic mass is 10.1. The molecule has 5 atom stereocenters. The molecule has 0 aromatic heterocycles. The van der Waals surface area contributed by atoms with Crippen LogP contribution in [-0.2, 0) is 65.4 Å². The van der Waals surface area contributed by atoms with Gasteiger partial charge in [-0.2, -0.15) is 0 Å². The summed E-state index contributed by atoms with van der Waals surface area (Å²) in [6.07, 6.45) is 94.3. The number of aliphatic hydroxyl groups excluding tert-OH is 1. The van der Waals surface area contributed by atoms with Crippen molar-refractivity contribution >= 4 is 39.5 Å². The molecule has 0 spiro atoms. The van der Waals surface area contributed by atoms with Gasteiger partial charge in [-0.15, -0.1) is 0 Å². The van der Waals surface area contributed by atoms with Gasteiger partial charge in [-0.05, 0) is 148 Å². The maximum absolute atomic E-state index is 13.1. The molecule has 0 saturated carbocycles. The first-order valence-electron chi connectivity index (χ1n) is 38.0. The molecule has 582 valence electrons. The average Bonchev–Trinajstić information content (AvgIpc) is 0.937. The molecular weight excluding hydrogens is 1350 g/mol. The largest absolute Gasteiger partial charge is 0.472 e. The van der Waals surface area contributed by atoms with Crippen LogP contribution in [0.1, 0.15) is 233 Å². The Kier molecular flexibility index (Phi) is 69.9. The van der Waals surface area contributed by atoms with E-state index in [1.807, 2.05) is 36.5 Å². The number of unbranched alkanes of at least 4 members (excludes halogenated alkanes) is 8. The maximum atomic E-state index is 13.1. The molecule has 0 rings (SSSR count). The van der Waals surface area contributed by atoms with Crippen molar-refractivity contribution in [2.24, 2.45) is 0 Å². The quantitative estimate of drug-likeness (QED) is 0.0169. The molecular formula is C85H130O17P2. The van der Waals surface area contributed by atoms with Crippen LogP contribution in [-0.4, -0.2) is 96.7 Å². The van der Waals surface area contributed by atoms with Gasteiger partial charge in [0.2, 0.25) is 0 Å². The van der Waals surface area contributed by atoms with Crippen molar-refractivity contribution in [2.75, 3.05) is 39.6 Å². The lowest BCUT2D eigenvalue weighted by Crippen LogP contribution is -2.30. The van der Waals surface area contributed by atoms with Gasteiger partial charge in [-0.1, -0.05) is 279 Å². The summed E-state index contributed by atoms with van der Waals surface area (Å²) in [6.45, 7) is 4.05. The molecule has 0 saturated heterocycles. The van der Waals surface area contributed by atoms with Gasteiger partial charge < -0.3 is 33.8 Å². The van der Waals surface area contributed by atoms with Gasteiger partial charge in [0.25, 0.3) is 0 Å². The molecule has 0 amide bonds. The van der Waals surface area contributed by atoms with E-state index < -0.39 is 97.5 Å². The highest BCUT2D eigenvalue weighted by atomic mass is 31.2. The van der Waals surface area contributed by atoms with Crippen molar-refractivity contribution in [1.82, 2.24) is 0 Å². The molecule has 17 nitrogen and oxygen atoms in total. The topological polar surface area (TPSA) is 237 Å². The van der Waals surface area contributed by atoms with E-state index in [1.165, 1.54) is 0 Å². The normalized spacial score (nSPS) is 15.1. The fourth-order valence-electron chi connectivity index (χ4n) is 8.89. The number of ether oxygens (including phenoxy) is 4. The van der Waals surface area contributed by atoms with Crippen molar-refractivity contribution in [3.05, 3.63) is 219 Å².